The molecule has 3 heterocycles. The second-order valence-corrected chi connectivity index (χ2v) is 12.8. The molecule has 2 aromatic carbocycles. The summed E-state index contributed by atoms with van der Waals surface area (Å²) in [5.41, 5.74) is -1.36. The van der Waals surface area contributed by atoms with Crippen molar-refractivity contribution in [3.05, 3.63) is 69.8 Å². The lowest BCUT2D eigenvalue weighted by Crippen LogP contribution is -2.59. The first-order chi connectivity index (χ1) is 20.4. The molecule has 0 N–H and O–H groups in total. The average molecular weight is 650 g/mol. The summed E-state index contributed by atoms with van der Waals surface area (Å²) in [6, 6.07) is 11.0. The Morgan fingerprint density at radius 2 is 1.74 bits per heavy atom. The number of likely N-dealkylation sites (tertiary alicyclic amines) is 1. The van der Waals surface area contributed by atoms with Crippen LogP contribution in [0.2, 0.25) is 10.2 Å². The van der Waals surface area contributed by atoms with Crippen molar-refractivity contribution in [2.24, 2.45) is 0 Å². The molecule has 3 aromatic rings. The molecule has 1 fully saturated rings. The molecule has 0 saturated carbocycles. The lowest BCUT2D eigenvalue weighted by atomic mass is 9.81. The lowest BCUT2D eigenvalue weighted by molar-refractivity contribution is -0.138. The minimum Gasteiger partial charge on any atom is -0.497 e. The second-order valence-electron chi connectivity index (χ2n) is 10.2. The Balaban J connectivity index is 1.86. The van der Waals surface area contributed by atoms with Crippen LogP contribution in [-0.4, -0.2) is 83.0 Å². The number of nitrogens with zero attached hydrogens (tertiary/aromatic N) is 4. The number of benzene rings is 2. The lowest BCUT2D eigenvalue weighted by Gasteiger charge is -2.41. The number of methoxy groups -OCH3 is 3. The van der Waals surface area contributed by atoms with E-state index in [1.165, 1.54) is 62.6 Å². The SMILES string of the molecule is COc1ccc(S(=O)(=O)N2C(=O)[C@](c3ccc(Cl)nc3OC)(N3CCCC3C(=O)N(C)C)c3cc(Cl)ccc32)c(OC)c1. The Hall–Kier alpha value is -3.58. The van der Waals surface area contributed by atoms with Gasteiger partial charge in [0.05, 0.1) is 33.1 Å². The quantitative estimate of drug-likeness (QED) is 0.335. The summed E-state index contributed by atoms with van der Waals surface area (Å²) in [5, 5.41) is 0.357. The Bertz CT molecular complexity index is 1720. The van der Waals surface area contributed by atoms with Crippen LogP contribution in [-0.2, 0) is 25.2 Å². The Kier molecular flexibility index (Phi) is 8.25. The number of amides is 2. The number of hydrogen-bond donors (Lipinski definition) is 0. The van der Waals surface area contributed by atoms with E-state index in [-0.39, 0.29) is 56.0 Å². The molecule has 0 spiro atoms. The molecule has 14 heteroatoms. The van der Waals surface area contributed by atoms with Crippen molar-refractivity contribution < 1.29 is 32.2 Å². The van der Waals surface area contributed by atoms with Gasteiger partial charge in [-0.2, -0.15) is 0 Å². The summed E-state index contributed by atoms with van der Waals surface area (Å²) in [7, 11) is 2.77. The summed E-state index contributed by atoms with van der Waals surface area (Å²) in [4.78, 5) is 35.9. The fraction of sp³-hybridized carbons (Fsp3) is 0.345. The van der Waals surface area contributed by atoms with E-state index in [9.17, 15) is 13.2 Å². The summed E-state index contributed by atoms with van der Waals surface area (Å²) in [6.07, 6.45) is 1.00. The molecule has 2 aliphatic rings. The summed E-state index contributed by atoms with van der Waals surface area (Å²) >= 11 is 12.8. The fourth-order valence-electron chi connectivity index (χ4n) is 5.94. The molecule has 2 atom stereocenters. The van der Waals surface area contributed by atoms with E-state index in [2.05, 4.69) is 4.98 Å². The Labute approximate surface area is 259 Å². The molecule has 2 aliphatic heterocycles. The number of hydrogen-bond acceptors (Lipinski definition) is 9. The third-order valence-electron chi connectivity index (χ3n) is 7.77. The highest BCUT2D eigenvalue weighted by Crippen LogP contribution is 2.55. The predicted octanol–water partition coefficient (Wildman–Crippen LogP) is 3.95. The predicted molar refractivity (Wildman–Crippen MR) is 161 cm³/mol. The Morgan fingerprint density at radius 1 is 1.00 bits per heavy atom. The first-order valence-electron chi connectivity index (χ1n) is 13.2. The largest absolute Gasteiger partial charge is 0.497 e. The number of halogens is 2. The molecule has 5 rings (SSSR count). The third-order valence-corrected chi connectivity index (χ3v) is 9.95. The number of anilines is 1. The monoisotopic (exact) mass is 648 g/mol. The summed E-state index contributed by atoms with van der Waals surface area (Å²) in [6.45, 7) is 0.285. The zero-order valence-electron chi connectivity index (χ0n) is 24.1. The van der Waals surface area contributed by atoms with Gasteiger partial charge in [0.2, 0.25) is 11.8 Å². The normalized spacial score (nSPS) is 20.2. The number of aromatic nitrogens is 1. The van der Waals surface area contributed by atoms with Gasteiger partial charge in [-0.25, -0.2) is 17.7 Å². The smallest absolute Gasteiger partial charge is 0.274 e. The standard InChI is InChI=1S/C29H30Cl2N4O7S/c1-33(2)27(36)22-7-6-14-34(22)29(19-10-13-25(31)32-26(19)42-5)20-15-17(30)8-11-21(20)35(28(29)37)43(38,39)24-12-9-18(40-3)16-23(24)41-4/h8-13,15-16,22H,6-7,14H2,1-5H3/t22?,29-/m1/s1. The van der Waals surface area contributed by atoms with Gasteiger partial charge in [-0.15, -0.1) is 0 Å². The van der Waals surface area contributed by atoms with Crippen LogP contribution in [0.1, 0.15) is 24.0 Å². The molecule has 0 aliphatic carbocycles. The van der Waals surface area contributed by atoms with Crippen molar-refractivity contribution >= 4 is 50.7 Å². The Morgan fingerprint density at radius 3 is 2.40 bits per heavy atom. The van der Waals surface area contributed by atoms with Crippen molar-refractivity contribution in [1.82, 2.24) is 14.8 Å². The molecular weight excluding hydrogens is 619 g/mol. The molecule has 1 saturated heterocycles. The van der Waals surface area contributed by atoms with Gasteiger partial charge in [-0.1, -0.05) is 23.2 Å². The molecule has 43 heavy (non-hydrogen) atoms. The van der Waals surface area contributed by atoms with Gasteiger partial charge in [0.1, 0.15) is 21.5 Å². The zero-order valence-corrected chi connectivity index (χ0v) is 26.5. The first-order valence-corrected chi connectivity index (χ1v) is 15.4. The van der Waals surface area contributed by atoms with E-state index >= 15 is 4.79 Å². The van der Waals surface area contributed by atoms with Crippen molar-refractivity contribution in [2.75, 3.05) is 46.3 Å². The second kappa shape index (κ2) is 11.5. The number of likely N-dealkylation sites (N-methyl/N-ethyl adjacent to an activating group) is 1. The van der Waals surface area contributed by atoms with Crippen molar-refractivity contribution in [3.63, 3.8) is 0 Å². The van der Waals surface area contributed by atoms with Crippen LogP contribution >= 0.6 is 23.2 Å². The zero-order chi connectivity index (χ0) is 31.3. The summed E-state index contributed by atoms with van der Waals surface area (Å²) in [5.74, 6) is -0.760. The van der Waals surface area contributed by atoms with Crippen LogP contribution in [0.3, 0.4) is 0 Å². The number of carbonyl (C=O) groups excluding carboxylic acids is 2. The minimum atomic E-state index is -4.62. The van der Waals surface area contributed by atoms with Gasteiger partial charge in [0.25, 0.3) is 15.9 Å². The maximum Gasteiger partial charge on any atom is 0.274 e. The van der Waals surface area contributed by atoms with E-state index in [0.717, 1.165) is 4.31 Å². The van der Waals surface area contributed by atoms with Gasteiger partial charge in [0, 0.05) is 42.9 Å². The van der Waals surface area contributed by atoms with Crippen LogP contribution in [0.25, 0.3) is 0 Å². The van der Waals surface area contributed by atoms with Gasteiger partial charge >= 0.3 is 0 Å². The molecule has 1 unspecified atom stereocenters. The maximum atomic E-state index is 15.2. The van der Waals surface area contributed by atoms with E-state index in [1.807, 2.05) is 0 Å². The van der Waals surface area contributed by atoms with Crippen LogP contribution < -0.4 is 18.5 Å². The van der Waals surface area contributed by atoms with Crippen molar-refractivity contribution in [3.8, 4) is 17.4 Å². The van der Waals surface area contributed by atoms with Gasteiger partial charge in [-0.05, 0) is 55.3 Å². The minimum absolute atomic E-state index is 0.00370. The molecule has 2 amide bonds. The maximum absolute atomic E-state index is 15.2. The van der Waals surface area contributed by atoms with E-state index in [1.54, 1.807) is 31.1 Å². The highest BCUT2D eigenvalue weighted by molar-refractivity contribution is 7.93. The summed E-state index contributed by atoms with van der Waals surface area (Å²) < 4.78 is 46.1. The van der Waals surface area contributed by atoms with Crippen LogP contribution in [0.4, 0.5) is 5.69 Å². The topological polar surface area (TPSA) is 119 Å². The number of fused-ring (bicyclic) bond motifs is 1. The highest BCUT2D eigenvalue weighted by Gasteiger charge is 2.63. The number of ether oxygens (including phenoxy) is 3. The molecule has 228 valence electrons. The number of sulfonamides is 1. The van der Waals surface area contributed by atoms with Crippen molar-refractivity contribution in [2.45, 2.75) is 29.3 Å². The number of carbonyl (C=O) groups is 2. The molecule has 11 nitrogen and oxygen atoms in total. The number of pyridine rings is 1. The van der Waals surface area contributed by atoms with Crippen LogP contribution in [0, 0.1) is 0 Å². The molecular formula is C29H30Cl2N4O7S. The van der Waals surface area contributed by atoms with Gasteiger partial charge in [0.15, 0.2) is 5.54 Å². The third kappa shape index (κ3) is 4.76. The highest BCUT2D eigenvalue weighted by atomic mass is 35.5. The van der Waals surface area contributed by atoms with Crippen LogP contribution in [0.15, 0.2) is 53.4 Å². The van der Waals surface area contributed by atoms with E-state index in [4.69, 9.17) is 37.4 Å². The molecule has 1 aromatic heterocycles. The van der Waals surface area contributed by atoms with Crippen LogP contribution in [0.5, 0.6) is 17.4 Å². The van der Waals surface area contributed by atoms with E-state index in [0.29, 0.717) is 18.6 Å². The van der Waals surface area contributed by atoms with Crippen molar-refractivity contribution in [1.29, 1.82) is 0 Å². The molecule has 0 bridgehead atoms. The van der Waals surface area contributed by atoms with Gasteiger partial charge < -0.3 is 19.1 Å². The average Bonchev–Trinajstić information content (AvgIpc) is 3.57. The first kappa shape index (κ1) is 30.9. The van der Waals surface area contributed by atoms with E-state index < -0.39 is 27.5 Å². The number of rotatable bonds is 8. The molecule has 0 radical (unpaired) electrons. The van der Waals surface area contributed by atoms with Gasteiger partial charge in [-0.3, -0.25) is 14.5 Å². The fourth-order valence-corrected chi connectivity index (χ4v) is 7.85.